The number of anilines is 1. The molecule has 0 unspecified atom stereocenters. The van der Waals surface area contributed by atoms with Crippen LogP contribution in [0.5, 0.6) is 0 Å². The molecular weight excluding hydrogens is 396 g/mol. The van der Waals surface area contributed by atoms with Crippen LogP contribution in [0.25, 0.3) is 22.3 Å². The lowest BCUT2D eigenvalue weighted by atomic mass is 10.1. The summed E-state index contributed by atoms with van der Waals surface area (Å²) in [7, 11) is 0. The number of aromatic amines is 1. The number of fused-ring (bicyclic) bond motifs is 1. The van der Waals surface area contributed by atoms with Gasteiger partial charge in [-0.3, -0.25) is 19.9 Å². The van der Waals surface area contributed by atoms with Crippen molar-refractivity contribution in [1.82, 2.24) is 25.2 Å². The van der Waals surface area contributed by atoms with E-state index in [9.17, 15) is 9.59 Å². The van der Waals surface area contributed by atoms with E-state index in [1.54, 1.807) is 5.48 Å². The number of unbranched alkanes of at least 4 members (excludes halogenated alkanes) is 2. The summed E-state index contributed by atoms with van der Waals surface area (Å²) in [6, 6.07) is 8.51. The first-order valence-electron chi connectivity index (χ1n) is 10.9. The minimum atomic E-state index is -0.405. The highest BCUT2D eigenvalue weighted by Crippen LogP contribution is 2.33. The van der Waals surface area contributed by atoms with E-state index in [1.807, 2.05) is 24.5 Å². The first-order chi connectivity index (χ1) is 15.1. The summed E-state index contributed by atoms with van der Waals surface area (Å²) in [5, 5.41) is 18.5. The van der Waals surface area contributed by atoms with E-state index in [2.05, 4.69) is 31.1 Å². The zero-order valence-electron chi connectivity index (χ0n) is 17.4. The lowest BCUT2D eigenvalue weighted by molar-refractivity contribution is -0.129. The lowest BCUT2D eigenvalue weighted by Gasteiger charge is -2.12. The quantitative estimate of drug-likeness (QED) is 0.235. The van der Waals surface area contributed by atoms with E-state index in [4.69, 9.17) is 5.21 Å². The normalized spacial score (nSPS) is 14.2. The fraction of sp³-hybridized carbons (Fsp3) is 0.455. The molecular formula is C22H28N6O3. The van der Waals surface area contributed by atoms with Gasteiger partial charge in [-0.1, -0.05) is 25.3 Å². The lowest BCUT2D eigenvalue weighted by Crippen LogP contribution is -2.17. The molecule has 164 valence electrons. The molecule has 1 aliphatic carbocycles. The number of amides is 2. The van der Waals surface area contributed by atoms with Crippen LogP contribution in [0.2, 0.25) is 0 Å². The molecule has 2 heterocycles. The van der Waals surface area contributed by atoms with Crippen LogP contribution in [-0.2, 0) is 9.59 Å². The van der Waals surface area contributed by atoms with Crippen LogP contribution >= 0.6 is 0 Å². The molecule has 0 radical (unpaired) electrons. The summed E-state index contributed by atoms with van der Waals surface area (Å²) in [5.41, 5.74) is 5.56. The average molecular weight is 425 g/mol. The summed E-state index contributed by atoms with van der Waals surface area (Å²) < 4.78 is 2.29. The molecule has 2 aromatic heterocycles. The number of nitrogens with one attached hydrogen (secondary N) is 3. The van der Waals surface area contributed by atoms with Crippen molar-refractivity contribution in [2.75, 3.05) is 5.32 Å². The van der Waals surface area contributed by atoms with E-state index in [0.717, 1.165) is 28.7 Å². The molecule has 1 aliphatic rings. The van der Waals surface area contributed by atoms with Gasteiger partial charge in [0, 0.05) is 30.5 Å². The van der Waals surface area contributed by atoms with Crippen molar-refractivity contribution in [2.24, 2.45) is 0 Å². The molecule has 1 aromatic carbocycles. The number of hydrogen-bond donors (Lipinski definition) is 4. The molecule has 31 heavy (non-hydrogen) atoms. The Hall–Kier alpha value is -3.20. The van der Waals surface area contributed by atoms with Crippen LogP contribution in [0.15, 0.2) is 30.6 Å². The first kappa shape index (κ1) is 21.0. The molecule has 2 amide bonds. The average Bonchev–Trinajstić information content (AvgIpc) is 3.53. The highest BCUT2D eigenvalue weighted by molar-refractivity contribution is 5.90. The molecule has 1 saturated carbocycles. The summed E-state index contributed by atoms with van der Waals surface area (Å²) in [6.07, 6.45) is 9.53. The third-order valence-corrected chi connectivity index (χ3v) is 5.88. The molecule has 4 N–H and O–H groups in total. The second-order valence-corrected chi connectivity index (χ2v) is 8.10. The molecule has 9 nitrogen and oxygen atoms in total. The molecule has 1 fully saturated rings. The van der Waals surface area contributed by atoms with E-state index < -0.39 is 5.91 Å². The third-order valence-electron chi connectivity index (χ3n) is 5.88. The third kappa shape index (κ3) is 5.11. The van der Waals surface area contributed by atoms with Gasteiger partial charge in [0.05, 0.1) is 23.1 Å². The minimum Gasteiger partial charge on any atom is -0.327 e. The molecule has 4 rings (SSSR count). The Morgan fingerprint density at radius 2 is 1.87 bits per heavy atom. The van der Waals surface area contributed by atoms with E-state index >= 15 is 0 Å². The Kier molecular flexibility index (Phi) is 6.61. The number of aromatic nitrogens is 4. The molecule has 0 spiro atoms. The Bertz CT molecular complexity index is 1050. The van der Waals surface area contributed by atoms with Gasteiger partial charge in [-0.25, -0.2) is 10.5 Å². The highest BCUT2D eigenvalue weighted by Gasteiger charge is 2.19. The summed E-state index contributed by atoms with van der Waals surface area (Å²) in [5.74, 6) is -0.0264. The van der Waals surface area contributed by atoms with Crippen LogP contribution < -0.4 is 10.8 Å². The minimum absolute atomic E-state index is 0.112. The Labute approximate surface area is 180 Å². The van der Waals surface area contributed by atoms with Crippen LogP contribution in [-0.4, -0.2) is 36.8 Å². The van der Waals surface area contributed by atoms with Crippen LogP contribution in [0.3, 0.4) is 0 Å². The van der Waals surface area contributed by atoms with Gasteiger partial charge in [-0.15, -0.1) is 0 Å². The smallest absolute Gasteiger partial charge is 0.243 e. The van der Waals surface area contributed by atoms with Gasteiger partial charge in [0.1, 0.15) is 0 Å². The van der Waals surface area contributed by atoms with Gasteiger partial charge in [-0.05, 0) is 37.8 Å². The van der Waals surface area contributed by atoms with Crippen molar-refractivity contribution in [3.05, 3.63) is 30.6 Å². The Morgan fingerprint density at radius 1 is 1.10 bits per heavy atom. The van der Waals surface area contributed by atoms with Crippen LogP contribution in [0.4, 0.5) is 5.82 Å². The van der Waals surface area contributed by atoms with Crippen molar-refractivity contribution < 1.29 is 14.8 Å². The number of benzene rings is 1. The number of carbonyl (C=O) groups excluding carboxylic acids is 2. The fourth-order valence-corrected chi connectivity index (χ4v) is 4.21. The van der Waals surface area contributed by atoms with Crippen LogP contribution in [0.1, 0.15) is 63.8 Å². The van der Waals surface area contributed by atoms with E-state index in [1.165, 1.54) is 25.7 Å². The number of hydroxylamine groups is 1. The molecule has 3 aromatic rings. The van der Waals surface area contributed by atoms with Crippen molar-refractivity contribution >= 4 is 28.7 Å². The summed E-state index contributed by atoms with van der Waals surface area (Å²) in [6.45, 7) is 0. The zero-order valence-corrected chi connectivity index (χ0v) is 17.4. The second kappa shape index (κ2) is 9.74. The van der Waals surface area contributed by atoms with Gasteiger partial charge in [0.15, 0.2) is 5.82 Å². The molecule has 9 heteroatoms. The van der Waals surface area contributed by atoms with Crippen molar-refractivity contribution in [2.45, 2.75) is 63.8 Å². The largest absolute Gasteiger partial charge is 0.327 e. The molecule has 0 aliphatic heterocycles. The number of H-pyrrole nitrogens is 1. The number of hydrogen-bond acceptors (Lipinski definition) is 5. The van der Waals surface area contributed by atoms with Crippen molar-refractivity contribution in [1.29, 1.82) is 0 Å². The molecule has 0 saturated heterocycles. The standard InChI is InChI=1S/C22H28N6O3/c29-21(8-2-1-3-9-22(30)27-31)24-20-13-18(25-26-20)15-10-11-17-19(12-15)28(14-23-17)16-6-4-5-7-16/h10-14,16,31H,1-9H2,(H,27,30)(H2,24,25,26,29). The molecule has 0 atom stereocenters. The second-order valence-electron chi connectivity index (χ2n) is 8.10. The molecule has 0 bridgehead atoms. The predicted molar refractivity (Wildman–Crippen MR) is 116 cm³/mol. The van der Waals surface area contributed by atoms with Gasteiger partial charge < -0.3 is 9.88 Å². The maximum Gasteiger partial charge on any atom is 0.243 e. The van der Waals surface area contributed by atoms with E-state index in [-0.39, 0.29) is 12.3 Å². The van der Waals surface area contributed by atoms with Gasteiger partial charge >= 0.3 is 0 Å². The van der Waals surface area contributed by atoms with E-state index in [0.29, 0.717) is 31.1 Å². The van der Waals surface area contributed by atoms with Gasteiger partial charge in [-0.2, -0.15) is 5.10 Å². The predicted octanol–water partition coefficient (Wildman–Crippen LogP) is 3.94. The maximum absolute atomic E-state index is 12.1. The SMILES string of the molecule is O=C(CCCCCC(=O)Nc1cc(-c2ccc3ncn(C4CCCC4)c3c2)[nH]n1)NO. The number of imidazole rings is 1. The van der Waals surface area contributed by atoms with Crippen molar-refractivity contribution in [3.8, 4) is 11.3 Å². The van der Waals surface area contributed by atoms with Crippen LogP contribution in [0, 0.1) is 0 Å². The summed E-state index contributed by atoms with van der Waals surface area (Å²) in [4.78, 5) is 27.6. The Balaban J connectivity index is 1.35. The highest BCUT2D eigenvalue weighted by atomic mass is 16.5. The number of carbonyl (C=O) groups is 2. The Morgan fingerprint density at radius 3 is 2.65 bits per heavy atom. The topological polar surface area (TPSA) is 125 Å². The monoisotopic (exact) mass is 424 g/mol. The number of nitrogens with zero attached hydrogens (tertiary/aromatic N) is 3. The number of rotatable bonds is 9. The van der Waals surface area contributed by atoms with Crippen molar-refractivity contribution in [3.63, 3.8) is 0 Å². The fourth-order valence-electron chi connectivity index (χ4n) is 4.21. The van der Waals surface area contributed by atoms with Gasteiger partial charge in [0.2, 0.25) is 11.8 Å². The maximum atomic E-state index is 12.1. The summed E-state index contributed by atoms with van der Waals surface area (Å²) >= 11 is 0. The van der Waals surface area contributed by atoms with Gasteiger partial charge in [0.25, 0.3) is 0 Å². The first-order valence-corrected chi connectivity index (χ1v) is 10.9. The zero-order chi connectivity index (χ0) is 21.6.